The third-order valence-corrected chi connectivity index (χ3v) is 3.12. The van der Waals surface area contributed by atoms with Crippen molar-refractivity contribution in [3.63, 3.8) is 0 Å². The smallest absolute Gasteiger partial charge is 0.272 e. The molecule has 0 unspecified atom stereocenters. The van der Waals surface area contributed by atoms with Gasteiger partial charge in [-0.05, 0) is 24.3 Å². The van der Waals surface area contributed by atoms with Crippen molar-refractivity contribution in [1.29, 1.82) is 0 Å². The van der Waals surface area contributed by atoms with E-state index in [1.807, 2.05) is 48.5 Å². The summed E-state index contributed by atoms with van der Waals surface area (Å²) in [5.41, 5.74) is 7.92. The van der Waals surface area contributed by atoms with Gasteiger partial charge in [0.1, 0.15) is 0 Å². The number of hydrogen-bond acceptors (Lipinski definition) is 4. The van der Waals surface area contributed by atoms with Crippen LogP contribution in [0.1, 0.15) is 5.69 Å². The zero-order valence-electron chi connectivity index (χ0n) is 10.8. The van der Waals surface area contributed by atoms with Crippen LogP contribution in [0.2, 0.25) is 0 Å². The summed E-state index contributed by atoms with van der Waals surface area (Å²) in [7, 11) is 0. The van der Waals surface area contributed by atoms with Crippen molar-refractivity contribution in [1.82, 2.24) is 10.2 Å². The van der Waals surface area contributed by atoms with Gasteiger partial charge in [0.05, 0.1) is 11.1 Å². The van der Waals surface area contributed by atoms with Crippen molar-refractivity contribution < 1.29 is 0 Å². The Kier molecular flexibility index (Phi) is 3.18. The Balaban J connectivity index is 2.07. The summed E-state index contributed by atoms with van der Waals surface area (Å²) in [6, 6.07) is 15.4. The molecular weight excluding hydrogens is 252 g/mol. The van der Waals surface area contributed by atoms with Crippen molar-refractivity contribution >= 4 is 22.1 Å². The number of rotatable bonds is 3. The second-order valence-electron chi connectivity index (χ2n) is 4.45. The number of nitrogens with one attached hydrogen (secondary N) is 2. The van der Waals surface area contributed by atoms with Crippen LogP contribution in [0.4, 0.5) is 11.4 Å². The molecule has 2 aromatic carbocycles. The van der Waals surface area contributed by atoms with E-state index >= 15 is 0 Å². The number of hydrogen-bond donors (Lipinski definition) is 3. The van der Waals surface area contributed by atoms with Crippen LogP contribution >= 0.6 is 0 Å². The molecule has 0 amide bonds. The molecule has 0 bridgehead atoms. The van der Waals surface area contributed by atoms with Crippen LogP contribution in [-0.4, -0.2) is 10.2 Å². The molecule has 0 saturated heterocycles. The number of anilines is 2. The Labute approximate surface area is 115 Å². The fourth-order valence-corrected chi connectivity index (χ4v) is 2.14. The van der Waals surface area contributed by atoms with Gasteiger partial charge in [0, 0.05) is 23.3 Å². The van der Waals surface area contributed by atoms with Crippen molar-refractivity contribution in [2.75, 3.05) is 5.32 Å². The van der Waals surface area contributed by atoms with Gasteiger partial charge in [-0.1, -0.05) is 24.3 Å². The first kappa shape index (κ1) is 12.4. The molecule has 5 heteroatoms. The van der Waals surface area contributed by atoms with E-state index in [1.165, 1.54) is 0 Å². The van der Waals surface area contributed by atoms with Gasteiger partial charge in [0.15, 0.2) is 0 Å². The SMILES string of the molecule is NCc1n[nH]c(=O)c2cc(Nc3ccccc3)ccc12. The van der Waals surface area contributed by atoms with Crippen LogP contribution in [0.5, 0.6) is 0 Å². The number of aromatic nitrogens is 2. The Bertz CT molecular complexity index is 796. The molecule has 1 aromatic heterocycles. The lowest BCUT2D eigenvalue weighted by Crippen LogP contribution is -2.13. The summed E-state index contributed by atoms with van der Waals surface area (Å²) >= 11 is 0. The molecule has 4 N–H and O–H groups in total. The Hall–Kier alpha value is -2.66. The highest BCUT2D eigenvalue weighted by Gasteiger charge is 2.06. The van der Waals surface area contributed by atoms with Crippen LogP contribution < -0.4 is 16.6 Å². The zero-order valence-corrected chi connectivity index (χ0v) is 10.8. The number of fused-ring (bicyclic) bond motifs is 1. The van der Waals surface area contributed by atoms with Crippen molar-refractivity contribution in [2.45, 2.75) is 6.54 Å². The summed E-state index contributed by atoms with van der Waals surface area (Å²) in [4.78, 5) is 11.9. The average Bonchev–Trinajstić information content (AvgIpc) is 2.49. The van der Waals surface area contributed by atoms with Crippen LogP contribution in [0.3, 0.4) is 0 Å². The molecule has 0 atom stereocenters. The molecule has 3 rings (SSSR count). The van der Waals surface area contributed by atoms with E-state index < -0.39 is 0 Å². The summed E-state index contributed by atoms with van der Waals surface area (Å²) in [5, 5.41) is 11.1. The number of para-hydroxylation sites is 1. The first-order valence-electron chi connectivity index (χ1n) is 6.31. The van der Waals surface area contributed by atoms with Crippen molar-refractivity contribution in [3.8, 4) is 0 Å². The predicted octanol–water partition coefficient (Wildman–Crippen LogP) is 2.13. The second-order valence-corrected chi connectivity index (χ2v) is 4.45. The fourth-order valence-electron chi connectivity index (χ4n) is 2.14. The van der Waals surface area contributed by atoms with Crippen molar-refractivity contribution in [2.24, 2.45) is 5.73 Å². The Morgan fingerprint density at radius 1 is 1.05 bits per heavy atom. The summed E-state index contributed by atoms with van der Waals surface area (Å²) in [5.74, 6) is 0. The minimum atomic E-state index is -0.214. The topological polar surface area (TPSA) is 83.8 Å². The van der Waals surface area contributed by atoms with Crippen LogP contribution in [0.15, 0.2) is 53.3 Å². The van der Waals surface area contributed by atoms with Crippen LogP contribution in [-0.2, 0) is 6.54 Å². The molecule has 3 aromatic rings. The summed E-state index contributed by atoms with van der Waals surface area (Å²) in [6.07, 6.45) is 0. The standard InChI is InChI=1S/C15H14N4O/c16-9-14-12-7-6-11(8-13(12)15(20)19-18-14)17-10-4-2-1-3-5-10/h1-8,17H,9,16H2,(H,19,20). The third-order valence-electron chi connectivity index (χ3n) is 3.12. The van der Waals surface area contributed by atoms with Gasteiger partial charge in [-0.25, -0.2) is 5.10 Å². The predicted molar refractivity (Wildman–Crippen MR) is 80.0 cm³/mol. The first-order valence-corrected chi connectivity index (χ1v) is 6.31. The van der Waals surface area contributed by atoms with E-state index in [9.17, 15) is 4.79 Å². The second kappa shape index (κ2) is 5.14. The maximum Gasteiger partial charge on any atom is 0.272 e. The summed E-state index contributed by atoms with van der Waals surface area (Å²) in [6.45, 7) is 0.290. The van der Waals surface area contributed by atoms with E-state index in [4.69, 9.17) is 5.73 Å². The van der Waals surface area contributed by atoms with Gasteiger partial charge >= 0.3 is 0 Å². The third kappa shape index (κ3) is 2.26. The molecule has 0 aliphatic rings. The van der Waals surface area contributed by atoms with Gasteiger partial charge in [0.25, 0.3) is 5.56 Å². The van der Waals surface area contributed by atoms with E-state index in [1.54, 1.807) is 0 Å². The van der Waals surface area contributed by atoms with Crippen LogP contribution in [0.25, 0.3) is 10.8 Å². The minimum absolute atomic E-state index is 0.214. The molecule has 0 aliphatic heterocycles. The lowest BCUT2D eigenvalue weighted by atomic mass is 10.1. The summed E-state index contributed by atoms with van der Waals surface area (Å²) < 4.78 is 0. The van der Waals surface area contributed by atoms with E-state index in [-0.39, 0.29) is 5.56 Å². The quantitative estimate of drug-likeness (QED) is 0.678. The highest BCUT2D eigenvalue weighted by molar-refractivity contribution is 5.87. The number of aromatic amines is 1. The molecule has 0 aliphatic carbocycles. The normalized spacial score (nSPS) is 10.7. The van der Waals surface area contributed by atoms with E-state index in [0.29, 0.717) is 17.6 Å². The Morgan fingerprint density at radius 3 is 2.60 bits per heavy atom. The molecule has 0 radical (unpaired) electrons. The molecule has 5 nitrogen and oxygen atoms in total. The largest absolute Gasteiger partial charge is 0.356 e. The van der Waals surface area contributed by atoms with Crippen LogP contribution in [0, 0.1) is 0 Å². The molecule has 0 spiro atoms. The van der Waals surface area contributed by atoms with E-state index in [2.05, 4.69) is 15.5 Å². The highest BCUT2D eigenvalue weighted by Crippen LogP contribution is 2.21. The first-order chi connectivity index (χ1) is 9.78. The Morgan fingerprint density at radius 2 is 1.85 bits per heavy atom. The molecule has 0 fully saturated rings. The lowest BCUT2D eigenvalue weighted by molar-refractivity contribution is 0.900. The van der Waals surface area contributed by atoms with Gasteiger partial charge in [-0.2, -0.15) is 5.10 Å². The maximum atomic E-state index is 11.9. The molecule has 20 heavy (non-hydrogen) atoms. The molecule has 100 valence electrons. The van der Waals surface area contributed by atoms with E-state index in [0.717, 1.165) is 16.8 Å². The lowest BCUT2D eigenvalue weighted by Gasteiger charge is -2.08. The number of benzene rings is 2. The molecule has 1 heterocycles. The minimum Gasteiger partial charge on any atom is -0.356 e. The number of nitrogens with two attached hydrogens (primary N) is 1. The maximum absolute atomic E-state index is 11.9. The average molecular weight is 266 g/mol. The fraction of sp³-hybridized carbons (Fsp3) is 0.0667. The van der Waals surface area contributed by atoms with Gasteiger partial charge in [-0.15, -0.1) is 0 Å². The van der Waals surface area contributed by atoms with Gasteiger partial charge in [0.2, 0.25) is 0 Å². The van der Waals surface area contributed by atoms with Gasteiger partial charge in [-0.3, -0.25) is 4.79 Å². The molecule has 0 saturated carbocycles. The molecular formula is C15H14N4O. The van der Waals surface area contributed by atoms with Crippen molar-refractivity contribution in [3.05, 3.63) is 64.6 Å². The highest BCUT2D eigenvalue weighted by atomic mass is 16.1. The zero-order chi connectivity index (χ0) is 13.9. The monoisotopic (exact) mass is 266 g/mol. The number of nitrogens with zero attached hydrogens (tertiary/aromatic N) is 1. The van der Waals surface area contributed by atoms with Gasteiger partial charge < -0.3 is 11.1 Å². The number of H-pyrrole nitrogens is 1.